The third kappa shape index (κ3) is 2.34. The molecule has 0 saturated carbocycles. The molecule has 0 aromatic carbocycles. The largest absolute Gasteiger partial charge is 0.369 e. The second-order valence-corrected chi connectivity index (χ2v) is 4.64. The van der Waals surface area contributed by atoms with Gasteiger partial charge >= 0.3 is 0 Å². The molecule has 1 aliphatic rings. The van der Waals surface area contributed by atoms with Crippen LogP contribution in [-0.2, 0) is 0 Å². The third-order valence-corrected chi connectivity index (χ3v) is 3.37. The first kappa shape index (κ1) is 11.2. The Bertz CT molecular complexity index is 557. The van der Waals surface area contributed by atoms with Gasteiger partial charge in [-0.1, -0.05) is 11.6 Å². The summed E-state index contributed by atoms with van der Waals surface area (Å²) in [5.74, 6) is 0.866. The molecule has 0 bridgehead atoms. The molecule has 2 aromatic heterocycles. The van der Waals surface area contributed by atoms with Crippen LogP contribution >= 0.6 is 0 Å². The highest BCUT2D eigenvalue weighted by molar-refractivity contribution is 5.85. The zero-order valence-corrected chi connectivity index (χ0v) is 10.3. The minimum atomic E-state index is 0.782. The molecular formula is C13H17N5. The van der Waals surface area contributed by atoms with Crippen molar-refractivity contribution in [1.29, 1.82) is 0 Å². The average Bonchev–Trinajstić information content (AvgIpc) is 2.89. The molecule has 0 unspecified atom stereocenters. The molecule has 0 atom stereocenters. The van der Waals surface area contributed by atoms with Crippen LogP contribution in [0.1, 0.15) is 32.1 Å². The lowest BCUT2D eigenvalue weighted by molar-refractivity contribution is 0.679. The highest BCUT2D eigenvalue weighted by Crippen LogP contribution is 2.21. The van der Waals surface area contributed by atoms with Crippen LogP contribution in [0.15, 0.2) is 24.2 Å². The smallest absolute Gasteiger partial charge is 0.160 e. The van der Waals surface area contributed by atoms with Gasteiger partial charge in [0.1, 0.15) is 12.1 Å². The van der Waals surface area contributed by atoms with Crippen LogP contribution in [0.2, 0.25) is 0 Å². The predicted molar refractivity (Wildman–Crippen MR) is 71.3 cm³/mol. The molecule has 2 N–H and O–H groups in total. The van der Waals surface area contributed by atoms with Gasteiger partial charge in [0.15, 0.2) is 5.65 Å². The zero-order valence-electron chi connectivity index (χ0n) is 10.3. The van der Waals surface area contributed by atoms with E-state index in [1.165, 1.54) is 25.7 Å². The van der Waals surface area contributed by atoms with E-state index in [-0.39, 0.29) is 0 Å². The van der Waals surface area contributed by atoms with Gasteiger partial charge in [-0.15, -0.1) is 0 Å². The summed E-state index contributed by atoms with van der Waals surface area (Å²) in [6.45, 7) is 0.920. The number of fused-ring (bicyclic) bond motifs is 1. The van der Waals surface area contributed by atoms with Crippen molar-refractivity contribution in [3.8, 4) is 0 Å². The van der Waals surface area contributed by atoms with Crippen LogP contribution in [0.3, 0.4) is 0 Å². The summed E-state index contributed by atoms with van der Waals surface area (Å²) < 4.78 is 0. The minimum Gasteiger partial charge on any atom is -0.369 e. The second kappa shape index (κ2) is 5.16. The summed E-state index contributed by atoms with van der Waals surface area (Å²) in [5, 5.41) is 11.2. The summed E-state index contributed by atoms with van der Waals surface area (Å²) in [6, 6.07) is 0. The molecule has 0 amide bonds. The number of H-pyrrole nitrogens is 1. The Morgan fingerprint density at radius 3 is 3.17 bits per heavy atom. The van der Waals surface area contributed by atoms with E-state index < -0.39 is 0 Å². The first-order chi connectivity index (χ1) is 8.93. The number of anilines is 1. The average molecular weight is 243 g/mol. The Kier molecular flexibility index (Phi) is 3.21. The second-order valence-electron chi connectivity index (χ2n) is 4.64. The normalized spacial score (nSPS) is 15.7. The molecule has 5 nitrogen and oxygen atoms in total. The number of nitrogens with zero attached hydrogens (tertiary/aromatic N) is 3. The number of nitrogens with one attached hydrogen (secondary N) is 2. The molecule has 18 heavy (non-hydrogen) atoms. The van der Waals surface area contributed by atoms with Crippen molar-refractivity contribution in [3.63, 3.8) is 0 Å². The molecule has 2 aromatic rings. The van der Waals surface area contributed by atoms with Gasteiger partial charge in [0.25, 0.3) is 0 Å². The molecule has 0 spiro atoms. The fourth-order valence-corrected chi connectivity index (χ4v) is 2.38. The molecule has 5 heteroatoms. The van der Waals surface area contributed by atoms with Crippen LogP contribution in [0.25, 0.3) is 11.0 Å². The van der Waals surface area contributed by atoms with Crippen molar-refractivity contribution in [2.24, 2.45) is 0 Å². The summed E-state index contributed by atoms with van der Waals surface area (Å²) >= 11 is 0. The Morgan fingerprint density at radius 2 is 2.28 bits per heavy atom. The van der Waals surface area contributed by atoms with Crippen molar-refractivity contribution < 1.29 is 0 Å². The van der Waals surface area contributed by atoms with E-state index in [4.69, 9.17) is 0 Å². The van der Waals surface area contributed by atoms with Gasteiger partial charge in [0, 0.05) is 6.54 Å². The molecule has 0 radical (unpaired) electrons. The van der Waals surface area contributed by atoms with Gasteiger partial charge in [-0.05, 0) is 32.1 Å². The van der Waals surface area contributed by atoms with Crippen LogP contribution in [0.5, 0.6) is 0 Å². The molecule has 1 aliphatic carbocycles. The minimum absolute atomic E-state index is 0.782. The number of rotatable bonds is 4. The number of allylic oxidation sites excluding steroid dienone is 1. The maximum atomic E-state index is 4.26. The standard InChI is InChI=1S/C13H17N5/c1-2-4-10(5-3-1)6-7-14-12-11-8-17-18-13(11)16-9-15-12/h4,8-9H,1-3,5-7H2,(H2,14,15,16,17,18). The third-order valence-electron chi connectivity index (χ3n) is 3.37. The number of hydrogen-bond acceptors (Lipinski definition) is 4. The topological polar surface area (TPSA) is 66.5 Å². The monoisotopic (exact) mass is 243 g/mol. The van der Waals surface area contributed by atoms with E-state index in [0.29, 0.717) is 0 Å². The fourth-order valence-electron chi connectivity index (χ4n) is 2.38. The zero-order chi connectivity index (χ0) is 12.2. The highest BCUT2D eigenvalue weighted by Gasteiger charge is 2.06. The SMILES string of the molecule is C1=C(CCNc2ncnc3[nH]ncc23)CCCC1. The van der Waals surface area contributed by atoms with Crippen molar-refractivity contribution in [2.45, 2.75) is 32.1 Å². The Balaban J connectivity index is 1.62. The molecule has 2 heterocycles. The van der Waals surface area contributed by atoms with E-state index in [1.54, 1.807) is 18.1 Å². The van der Waals surface area contributed by atoms with Crippen molar-refractivity contribution >= 4 is 16.9 Å². The number of hydrogen-bond donors (Lipinski definition) is 2. The molecule has 0 aliphatic heterocycles. The maximum absolute atomic E-state index is 4.26. The quantitative estimate of drug-likeness (QED) is 0.810. The first-order valence-corrected chi connectivity index (χ1v) is 6.49. The summed E-state index contributed by atoms with van der Waals surface area (Å²) in [5.41, 5.74) is 2.36. The van der Waals surface area contributed by atoms with E-state index >= 15 is 0 Å². The fraction of sp³-hybridized carbons (Fsp3) is 0.462. The number of aromatic amines is 1. The lowest BCUT2D eigenvalue weighted by atomic mass is 9.97. The summed E-state index contributed by atoms with van der Waals surface area (Å²) in [6.07, 6.45) is 12.0. The summed E-state index contributed by atoms with van der Waals surface area (Å²) in [7, 11) is 0. The highest BCUT2D eigenvalue weighted by atomic mass is 15.2. The first-order valence-electron chi connectivity index (χ1n) is 6.49. The predicted octanol–water partition coefficient (Wildman–Crippen LogP) is 2.66. The van der Waals surface area contributed by atoms with Crippen molar-refractivity contribution in [3.05, 3.63) is 24.2 Å². The van der Waals surface area contributed by atoms with E-state index in [0.717, 1.165) is 29.8 Å². The van der Waals surface area contributed by atoms with Gasteiger partial charge in [0.05, 0.1) is 11.6 Å². The Morgan fingerprint density at radius 1 is 1.28 bits per heavy atom. The van der Waals surface area contributed by atoms with Gasteiger partial charge < -0.3 is 5.32 Å². The van der Waals surface area contributed by atoms with Crippen LogP contribution < -0.4 is 5.32 Å². The van der Waals surface area contributed by atoms with E-state index in [2.05, 4.69) is 31.6 Å². The van der Waals surface area contributed by atoms with E-state index in [9.17, 15) is 0 Å². The van der Waals surface area contributed by atoms with Crippen molar-refractivity contribution in [2.75, 3.05) is 11.9 Å². The lowest BCUT2D eigenvalue weighted by Gasteiger charge is -2.13. The van der Waals surface area contributed by atoms with Crippen LogP contribution in [0.4, 0.5) is 5.82 Å². The Hall–Kier alpha value is -1.91. The molecule has 94 valence electrons. The lowest BCUT2D eigenvalue weighted by Crippen LogP contribution is -2.06. The van der Waals surface area contributed by atoms with Crippen molar-refractivity contribution in [1.82, 2.24) is 20.2 Å². The molecular weight excluding hydrogens is 226 g/mol. The van der Waals surface area contributed by atoms with Gasteiger partial charge in [-0.3, -0.25) is 5.10 Å². The maximum Gasteiger partial charge on any atom is 0.160 e. The van der Waals surface area contributed by atoms with Gasteiger partial charge in [-0.2, -0.15) is 5.10 Å². The molecule has 3 rings (SSSR count). The summed E-state index contributed by atoms with van der Waals surface area (Å²) in [4.78, 5) is 8.38. The van der Waals surface area contributed by atoms with E-state index in [1.807, 2.05) is 0 Å². The Labute approximate surface area is 106 Å². The van der Waals surface area contributed by atoms with Gasteiger partial charge in [-0.25, -0.2) is 9.97 Å². The van der Waals surface area contributed by atoms with Crippen LogP contribution in [-0.4, -0.2) is 26.7 Å². The van der Waals surface area contributed by atoms with Crippen LogP contribution in [0, 0.1) is 0 Å². The van der Waals surface area contributed by atoms with Gasteiger partial charge in [0.2, 0.25) is 0 Å². The molecule has 0 fully saturated rings. The number of aromatic nitrogens is 4. The molecule has 0 saturated heterocycles.